The van der Waals surface area contributed by atoms with E-state index in [2.05, 4.69) is 0 Å². The van der Waals surface area contributed by atoms with Gasteiger partial charge >= 0.3 is 0 Å². The van der Waals surface area contributed by atoms with E-state index >= 15 is 0 Å². The number of benzene rings is 2. The average Bonchev–Trinajstić information content (AvgIpc) is 3.36. The molecule has 0 saturated carbocycles. The summed E-state index contributed by atoms with van der Waals surface area (Å²) < 4.78 is 22.3. The number of carbonyl (C=O) groups excluding carboxylic acids is 2. The number of likely N-dealkylation sites (tertiary alicyclic amines) is 1. The van der Waals surface area contributed by atoms with Crippen LogP contribution in [-0.4, -0.2) is 63.0 Å². The normalized spacial score (nSPS) is 24.0. The first kappa shape index (κ1) is 23.6. The fourth-order valence-corrected chi connectivity index (χ4v) is 5.47. The molecule has 2 aromatic carbocycles. The topological polar surface area (TPSA) is 77.5 Å². The Hall–Kier alpha value is -3.10. The van der Waals surface area contributed by atoms with E-state index in [1.807, 2.05) is 53.4 Å². The van der Waals surface area contributed by atoms with E-state index in [0.29, 0.717) is 57.7 Å². The Kier molecular flexibility index (Phi) is 6.67. The monoisotopic (exact) mass is 480 g/mol. The molecule has 0 N–H and O–H groups in total. The van der Waals surface area contributed by atoms with Gasteiger partial charge in [-0.05, 0) is 48.4 Å². The van der Waals surface area contributed by atoms with Crippen molar-refractivity contribution in [1.29, 1.82) is 0 Å². The molecule has 3 aliphatic heterocycles. The largest absolute Gasteiger partial charge is 0.497 e. The summed E-state index contributed by atoms with van der Waals surface area (Å²) in [4.78, 5) is 30.9. The number of nitrogens with zero attached hydrogens (tertiary/aromatic N) is 2. The lowest BCUT2D eigenvalue weighted by Crippen LogP contribution is -2.53. The average molecular weight is 481 g/mol. The molecule has 2 aromatic rings. The van der Waals surface area contributed by atoms with Crippen LogP contribution < -0.4 is 14.4 Å². The molecule has 0 aliphatic carbocycles. The number of anilines is 1. The minimum Gasteiger partial charge on any atom is -0.497 e. The Morgan fingerprint density at radius 1 is 0.914 bits per heavy atom. The standard InChI is InChI=1S/C27H32N2O6/c1-32-21-7-3-19(4-8-21)25-23(26(31)28-15-13-27(14-16-28)34-17-18-35-27)11-12-24(30)29(25)20-5-9-22(33-2)10-6-20/h3-10,23,25H,11-18H2,1-2H3/t23-,25-/m1/s1. The second-order valence-electron chi connectivity index (χ2n) is 9.26. The molecule has 35 heavy (non-hydrogen) atoms. The highest BCUT2D eigenvalue weighted by molar-refractivity contribution is 5.97. The second-order valence-corrected chi connectivity index (χ2v) is 9.26. The van der Waals surface area contributed by atoms with Crippen molar-refractivity contribution in [2.75, 3.05) is 45.4 Å². The molecule has 3 aliphatic rings. The number of ether oxygens (including phenoxy) is 4. The smallest absolute Gasteiger partial charge is 0.228 e. The lowest BCUT2D eigenvalue weighted by molar-refractivity contribution is -0.188. The van der Waals surface area contributed by atoms with Crippen molar-refractivity contribution in [3.05, 3.63) is 54.1 Å². The number of piperidine rings is 2. The second kappa shape index (κ2) is 9.87. The highest BCUT2D eigenvalue weighted by atomic mass is 16.7. The van der Waals surface area contributed by atoms with Crippen LogP contribution in [0.4, 0.5) is 5.69 Å². The number of carbonyl (C=O) groups is 2. The van der Waals surface area contributed by atoms with Crippen molar-refractivity contribution in [1.82, 2.24) is 4.90 Å². The summed E-state index contributed by atoms with van der Waals surface area (Å²) in [6.45, 7) is 2.38. The van der Waals surface area contributed by atoms with Gasteiger partial charge in [-0.1, -0.05) is 12.1 Å². The van der Waals surface area contributed by atoms with Gasteiger partial charge in [-0.2, -0.15) is 0 Å². The SMILES string of the molecule is COc1ccc([C@@H]2[C@H](C(=O)N3CCC4(CC3)OCCO4)CCC(=O)N2c2ccc(OC)cc2)cc1. The Morgan fingerprint density at radius 3 is 2.06 bits per heavy atom. The fourth-order valence-electron chi connectivity index (χ4n) is 5.47. The van der Waals surface area contributed by atoms with E-state index < -0.39 is 11.8 Å². The minimum absolute atomic E-state index is 0.00499. The van der Waals surface area contributed by atoms with Gasteiger partial charge in [0.2, 0.25) is 11.8 Å². The number of hydrogen-bond acceptors (Lipinski definition) is 6. The zero-order valence-electron chi connectivity index (χ0n) is 20.3. The van der Waals surface area contributed by atoms with Gasteiger partial charge in [0.25, 0.3) is 0 Å². The molecule has 0 radical (unpaired) electrons. The molecule has 186 valence electrons. The molecule has 3 saturated heterocycles. The molecule has 8 nitrogen and oxygen atoms in total. The van der Waals surface area contributed by atoms with Crippen LogP contribution >= 0.6 is 0 Å². The van der Waals surface area contributed by atoms with Gasteiger partial charge in [-0.3, -0.25) is 9.59 Å². The van der Waals surface area contributed by atoms with E-state index in [0.717, 1.165) is 17.0 Å². The van der Waals surface area contributed by atoms with Crippen LogP contribution in [-0.2, 0) is 19.1 Å². The van der Waals surface area contributed by atoms with Crippen LogP contribution in [0.1, 0.15) is 37.3 Å². The number of rotatable bonds is 5. The molecule has 0 bridgehead atoms. The first-order chi connectivity index (χ1) is 17.0. The molecule has 0 unspecified atom stereocenters. The van der Waals surface area contributed by atoms with Crippen molar-refractivity contribution in [2.45, 2.75) is 37.5 Å². The first-order valence-corrected chi connectivity index (χ1v) is 12.2. The molecule has 3 fully saturated rings. The highest BCUT2D eigenvalue weighted by Crippen LogP contribution is 2.42. The molecular weight excluding hydrogens is 448 g/mol. The molecule has 1 spiro atoms. The van der Waals surface area contributed by atoms with E-state index in [4.69, 9.17) is 18.9 Å². The minimum atomic E-state index is -0.538. The molecule has 2 amide bonds. The van der Waals surface area contributed by atoms with Gasteiger partial charge in [0.15, 0.2) is 5.79 Å². The van der Waals surface area contributed by atoms with Gasteiger partial charge in [-0.15, -0.1) is 0 Å². The van der Waals surface area contributed by atoms with E-state index in [9.17, 15) is 9.59 Å². The Bertz CT molecular complexity index is 1040. The first-order valence-electron chi connectivity index (χ1n) is 12.2. The number of amides is 2. The van der Waals surface area contributed by atoms with Gasteiger partial charge < -0.3 is 28.7 Å². The Balaban J connectivity index is 1.46. The van der Waals surface area contributed by atoms with Gasteiger partial charge in [0, 0.05) is 38.0 Å². The van der Waals surface area contributed by atoms with Crippen LogP contribution in [0.2, 0.25) is 0 Å². The van der Waals surface area contributed by atoms with Crippen LogP contribution in [0.5, 0.6) is 11.5 Å². The zero-order chi connectivity index (χ0) is 24.4. The predicted molar refractivity (Wildman–Crippen MR) is 129 cm³/mol. The molecule has 5 rings (SSSR count). The van der Waals surface area contributed by atoms with Gasteiger partial charge in [0.1, 0.15) is 11.5 Å². The van der Waals surface area contributed by atoms with E-state index in [-0.39, 0.29) is 17.7 Å². The van der Waals surface area contributed by atoms with E-state index in [1.165, 1.54) is 0 Å². The maximum Gasteiger partial charge on any atom is 0.228 e. The predicted octanol–water partition coefficient (Wildman–Crippen LogP) is 3.55. The van der Waals surface area contributed by atoms with Crippen molar-refractivity contribution in [2.24, 2.45) is 5.92 Å². The van der Waals surface area contributed by atoms with Crippen molar-refractivity contribution < 1.29 is 28.5 Å². The lowest BCUT2D eigenvalue weighted by Gasteiger charge is -2.44. The third kappa shape index (κ3) is 4.60. The maximum absolute atomic E-state index is 13.9. The summed E-state index contributed by atoms with van der Waals surface area (Å²) in [6.07, 6.45) is 2.16. The van der Waals surface area contributed by atoms with Crippen LogP contribution in [0.3, 0.4) is 0 Å². The summed E-state index contributed by atoms with van der Waals surface area (Å²) in [5.41, 5.74) is 1.66. The van der Waals surface area contributed by atoms with Gasteiger partial charge in [0.05, 0.1) is 39.4 Å². The quantitative estimate of drug-likeness (QED) is 0.651. The summed E-state index contributed by atoms with van der Waals surface area (Å²) in [6, 6.07) is 14.7. The summed E-state index contributed by atoms with van der Waals surface area (Å²) >= 11 is 0. The third-order valence-corrected chi connectivity index (χ3v) is 7.37. The molecule has 0 aromatic heterocycles. The molecule has 3 heterocycles. The third-order valence-electron chi connectivity index (χ3n) is 7.37. The number of methoxy groups -OCH3 is 2. The maximum atomic E-state index is 13.9. The van der Waals surface area contributed by atoms with Crippen LogP contribution in [0, 0.1) is 5.92 Å². The van der Waals surface area contributed by atoms with Crippen molar-refractivity contribution in [3.63, 3.8) is 0 Å². The summed E-state index contributed by atoms with van der Waals surface area (Å²) in [5.74, 6) is 0.625. The highest BCUT2D eigenvalue weighted by Gasteiger charge is 2.46. The lowest BCUT2D eigenvalue weighted by atomic mass is 9.82. The van der Waals surface area contributed by atoms with Crippen LogP contribution in [0.25, 0.3) is 0 Å². The van der Waals surface area contributed by atoms with Crippen molar-refractivity contribution >= 4 is 17.5 Å². The zero-order valence-corrected chi connectivity index (χ0v) is 20.3. The van der Waals surface area contributed by atoms with Crippen LogP contribution in [0.15, 0.2) is 48.5 Å². The Labute approximate surface area is 205 Å². The van der Waals surface area contributed by atoms with Gasteiger partial charge in [-0.25, -0.2) is 0 Å². The fraction of sp³-hybridized carbons (Fsp3) is 0.481. The molecule has 2 atom stereocenters. The summed E-state index contributed by atoms with van der Waals surface area (Å²) in [7, 11) is 3.23. The van der Waals surface area contributed by atoms with E-state index in [1.54, 1.807) is 19.1 Å². The molecule has 8 heteroatoms. The van der Waals surface area contributed by atoms with Crippen molar-refractivity contribution in [3.8, 4) is 11.5 Å². The number of hydrogen-bond donors (Lipinski definition) is 0. The molecular formula is C27H32N2O6. The summed E-state index contributed by atoms with van der Waals surface area (Å²) in [5, 5.41) is 0. The Morgan fingerprint density at radius 2 is 1.49 bits per heavy atom.